The molecule has 1 rings (SSSR count). The van der Waals surface area contributed by atoms with E-state index in [0.717, 1.165) is 25.9 Å². The third-order valence-electron chi connectivity index (χ3n) is 3.74. The molecule has 3 heteroatoms. The first kappa shape index (κ1) is 13.9. The third-order valence-corrected chi connectivity index (χ3v) is 3.74. The van der Waals surface area contributed by atoms with E-state index in [4.69, 9.17) is 0 Å². The van der Waals surface area contributed by atoms with Gasteiger partial charge in [0.05, 0.1) is 0 Å². The van der Waals surface area contributed by atoms with Gasteiger partial charge in [0.15, 0.2) is 0 Å². The van der Waals surface area contributed by atoms with Crippen molar-refractivity contribution in [3.8, 4) is 0 Å². The van der Waals surface area contributed by atoms with Gasteiger partial charge in [0.1, 0.15) is 0 Å². The van der Waals surface area contributed by atoms with Crippen LogP contribution in [0.25, 0.3) is 0 Å². The zero-order valence-corrected chi connectivity index (χ0v) is 11.4. The van der Waals surface area contributed by atoms with Gasteiger partial charge in [-0.2, -0.15) is 0 Å². The van der Waals surface area contributed by atoms with Crippen LogP contribution in [0, 0.1) is 5.92 Å². The number of nitrogens with zero attached hydrogens (tertiary/aromatic N) is 2. The summed E-state index contributed by atoms with van der Waals surface area (Å²) in [7, 11) is 4.26. The van der Waals surface area contributed by atoms with Crippen LogP contribution in [0.15, 0.2) is 0 Å². The quantitative estimate of drug-likeness (QED) is 0.771. The first-order valence-electron chi connectivity index (χ1n) is 6.46. The molecular formula is C13H28N2O. The van der Waals surface area contributed by atoms with Gasteiger partial charge in [0, 0.05) is 12.1 Å². The smallest absolute Gasteiger partial charge is 0.0460 e. The number of rotatable bonds is 5. The maximum Gasteiger partial charge on any atom is 0.0460 e. The van der Waals surface area contributed by atoms with E-state index >= 15 is 0 Å². The number of aliphatic hydroxyl groups excluding tert-OH is 1. The van der Waals surface area contributed by atoms with Crippen LogP contribution in [-0.4, -0.2) is 60.8 Å². The van der Waals surface area contributed by atoms with Crippen LogP contribution in [0.4, 0.5) is 0 Å². The van der Waals surface area contributed by atoms with Crippen molar-refractivity contribution < 1.29 is 5.11 Å². The minimum Gasteiger partial charge on any atom is -0.396 e. The molecule has 1 N–H and O–H groups in total. The van der Waals surface area contributed by atoms with Crippen molar-refractivity contribution in [2.75, 3.05) is 40.3 Å². The zero-order valence-electron chi connectivity index (χ0n) is 11.4. The normalized spacial score (nSPS) is 26.2. The Morgan fingerprint density at radius 3 is 2.56 bits per heavy atom. The molecule has 1 unspecified atom stereocenters. The van der Waals surface area contributed by atoms with Gasteiger partial charge in [-0.25, -0.2) is 0 Å². The van der Waals surface area contributed by atoms with Crippen molar-refractivity contribution in [3.63, 3.8) is 0 Å². The zero-order chi connectivity index (χ0) is 12.2. The maximum atomic E-state index is 9.23. The van der Waals surface area contributed by atoms with Crippen molar-refractivity contribution in [2.24, 2.45) is 5.92 Å². The summed E-state index contributed by atoms with van der Waals surface area (Å²) < 4.78 is 0. The number of hydrogen-bond acceptors (Lipinski definition) is 3. The Balaban J connectivity index is 2.36. The summed E-state index contributed by atoms with van der Waals surface area (Å²) in [6, 6.07) is 0. The fraction of sp³-hybridized carbons (Fsp3) is 1.00. The second-order valence-electron chi connectivity index (χ2n) is 6.00. The van der Waals surface area contributed by atoms with Crippen molar-refractivity contribution in [3.05, 3.63) is 0 Å². The predicted octanol–water partition coefficient (Wildman–Crippen LogP) is 1.42. The van der Waals surface area contributed by atoms with Gasteiger partial charge in [-0.1, -0.05) is 0 Å². The second-order valence-corrected chi connectivity index (χ2v) is 6.00. The summed E-state index contributed by atoms with van der Waals surface area (Å²) in [4.78, 5) is 4.83. The Morgan fingerprint density at radius 2 is 2.06 bits per heavy atom. The van der Waals surface area contributed by atoms with Crippen molar-refractivity contribution in [1.82, 2.24) is 9.80 Å². The molecule has 1 heterocycles. The van der Waals surface area contributed by atoms with Crippen LogP contribution in [0.1, 0.15) is 33.1 Å². The van der Waals surface area contributed by atoms with Gasteiger partial charge < -0.3 is 10.0 Å². The molecule has 0 aromatic rings. The molecule has 96 valence electrons. The Hall–Kier alpha value is -0.120. The minimum absolute atomic E-state index is 0.262. The molecule has 1 aliphatic rings. The fourth-order valence-electron chi connectivity index (χ4n) is 2.73. The van der Waals surface area contributed by atoms with Gasteiger partial charge >= 0.3 is 0 Å². The molecule has 0 saturated carbocycles. The molecule has 0 aliphatic carbocycles. The SMILES string of the molecule is CN(C)CCCN1CCC(CO)CC1(C)C. The predicted molar refractivity (Wildman–Crippen MR) is 68.6 cm³/mol. The fourth-order valence-corrected chi connectivity index (χ4v) is 2.73. The lowest BCUT2D eigenvalue weighted by Gasteiger charge is -2.45. The van der Waals surface area contributed by atoms with E-state index < -0.39 is 0 Å². The highest BCUT2D eigenvalue weighted by molar-refractivity contribution is 4.89. The number of likely N-dealkylation sites (tertiary alicyclic amines) is 1. The van der Waals surface area contributed by atoms with E-state index in [0.29, 0.717) is 12.5 Å². The summed E-state index contributed by atoms with van der Waals surface area (Å²) in [6.07, 6.45) is 3.52. The monoisotopic (exact) mass is 228 g/mol. The molecule has 0 radical (unpaired) electrons. The molecule has 0 spiro atoms. The largest absolute Gasteiger partial charge is 0.396 e. The van der Waals surface area contributed by atoms with Gasteiger partial charge in [-0.15, -0.1) is 0 Å². The molecule has 1 aliphatic heterocycles. The van der Waals surface area contributed by atoms with E-state index in [9.17, 15) is 5.11 Å². The second kappa shape index (κ2) is 5.99. The molecule has 3 nitrogen and oxygen atoms in total. The molecule has 16 heavy (non-hydrogen) atoms. The van der Waals surface area contributed by atoms with Crippen molar-refractivity contribution >= 4 is 0 Å². The van der Waals surface area contributed by atoms with E-state index in [2.05, 4.69) is 37.7 Å². The standard InChI is InChI=1S/C13H28N2O/c1-13(2)10-12(11-16)6-9-15(13)8-5-7-14(3)4/h12,16H,5-11H2,1-4H3. The van der Waals surface area contributed by atoms with Gasteiger partial charge in [0.25, 0.3) is 0 Å². The highest BCUT2D eigenvalue weighted by Crippen LogP contribution is 2.31. The molecule has 0 bridgehead atoms. The van der Waals surface area contributed by atoms with Gasteiger partial charge in [-0.3, -0.25) is 4.90 Å². The van der Waals surface area contributed by atoms with Crippen LogP contribution >= 0.6 is 0 Å². The molecule has 0 aromatic carbocycles. The highest BCUT2D eigenvalue weighted by atomic mass is 16.3. The molecule has 0 aromatic heterocycles. The van der Waals surface area contributed by atoms with Crippen LogP contribution in [-0.2, 0) is 0 Å². The topological polar surface area (TPSA) is 26.7 Å². The lowest BCUT2D eigenvalue weighted by molar-refractivity contribution is 0.0258. The number of hydrogen-bond donors (Lipinski definition) is 1. The van der Waals surface area contributed by atoms with E-state index in [1.807, 2.05) is 0 Å². The molecule has 1 atom stereocenters. The lowest BCUT2D eigenvalue weighted by atomic mass is 9.83. The maximum absolute atomic E-state index is 9.23. The first-order valence-corrected chi connectivity index (χ1v) is 6.46. The Morgan fingerprint density at radius 1 is 1.38 bits per heavy atom. The van der Waals surface area contributed by atoms with E-state index in [-0.39, 0.29) is 5.54 Å². The van der Waals surface area contributed by atoms with Gasteiger partial charge in [-0.05, 0) is 72.8 Å². The Kier molecular flexibility index (Phi) is 5.22. The van der Waals surface area contributed by atoms with Crippen LogP contribution in [0.3, 0.4) is 0 Å². The summed E-state index contributed by atoms with van der Waals surface area (Å²) in [5, 5.41) is 9.23. The average molecular weight is 228 g/mol. The van der Waals surface area contributed by atoms with Crippen LogP contribution in [0.2, 0.25) is 0 Å². The summed E-state index contributed by atoms with van der Waals surface area (Å²) in [5.74, 6) is 0.514. The summed E-state index contributed by atoms with van der Waals surface area (Å²) in [5.41, 5.74) is 0.262. The van der Waals surface area contributed by atoms with Crippen molar-refractivity contribution in [1.29, 1.82) is 0 Å². The molecule has 1 fully saturated rings. The van der Waals surface area contributed by atoms with E-state index in [1.165, 1.54) is 13.0 Å². The summed E-state index contributed by atoms with van der Waals surface area (Å²) >= 11 is 0. The molecule has 1 saturated heterocycles. The van der Waals surface area contributed by atoms with E-state index in [1.54, 1.807) is 0 Å². The first-order chi connectivity index (χ1) is 7.45. The van der Waals surface area contributed by atoms with Crippen LogP contribution in [0.5, 0.6) is 0 Å². The highest BCUT2D eigenvalue weighted by Gasteiger charge is 2.33. The minimum atomic E-state index is 0.262. The lowest BCUT2D eigenvalue weighted by Crippen LogP contribution is -2.51. The Labute approximate surface area is 100 Å². The Bertz CT molecular complexity index is 204. The molecular weight excluding hydrogens is 200 g/mol. The van der Waals surface area contributed by atoms with Crippen LogP contribution < -0.4 is 0 Å². The average Bonchev–Trinajstić information content (AvgIpc) is 2.19. The van der Waals surface area contributed by atoms with Crippen molar-refractivity contribution in [2.45, 2.75) is 38.6 Å². The number of aliphatic hydroxyl groups is 1. The molecule has 0 amide bonds. The number of piperidine rings is 1. The van der Waals surface area contributed by atoms with Gasteiger partial charge in [0.2, 0.25) is 0 Å². The summed E-state index contributed by atoms with van der Waals surface area (Å²) in [6.45, 7) is 8.47. The third kappa shape index (κ3) is 4.04.